The number of nitrogens with one attached hydrogen (secondary N) is 1. The molecule has 0 spiro atoms. The van der Waals surface area contributed by atoms with Gasteiger partial charge >= 0.3 is 12.1 Å². The van der Waals surface area contributed by atoms with E-state index in [4.69, 9.17) is 14.5 Å². The van der Waals surface area contributed by atoms with Crippen molar-refractivity contribution < 1.29 is 32.2 Å². The largest absolute Gasteiger partial charge is 0.493 e. The first kappa shape index (κ1) is 25.8. The summed E-state index contributed by atoms with van der Waals surface area (Å²) in [7, 11) is 3.71. The number of aromatic amines is 1. The van der Waals surface area contributed by atoms with Gasteiger partial charge in [0.05, 0.1) is 24.8 Å². The van der Waals surface area contributed by atoms with Gasteiger partial charge < -0.3 is 19.1 Å². The number of likely N-dealkylation sites (tertiary alicyclic amines) is 1. The van der Waals surface area contributed by atoms with Gasteiger partial charge in [0.15, 0.2) is 17.1 Å². The number of H-pyrrole nitrogens is 1. The van der Waals surface area contributed by atoms with E-state index in [1.807, 2.05) is 19.1 Å². The van der Waals surface area contributed by atoms with E-state index in [1.165, 1.54) is 12.1 Å². The third-order valence-electron chi connectivity index (χ3n) is 6.86. The Morgan fingerprint density at radius 3 is 2.47 bits per heavy atom. The highest BCUT2D eigenvalue weighted by Gasteiger charge is 2.41. The van der Waals surface area contributed by atoms with Gasteiger partial charge in [-0.2, -0.15) is 18.3 Å². The van der Waals surface area contributed by atoms with E-state index in [9.17, 15) is 18.0 Å². The van der Waals surface area contributed by atoms with Crippen LogP contribution in [0.15, 0.2) is 36.4 Å². The van der Waals surface area contributed by atoms with Crippen molar-refractivity contribution in [2.45, 2.75) is 25.9 Å². The number of carbonyl (C=O) groups is 1. The quantitative estimate of drug-likeness (QED) is 0.269. The number of ether oxygens (including phenoxy) is 3. The summed E-state index contributed by atoms with van der Waals surface area (Å²) in [5, 5.41) is 9.71. The molecule has 8 nitrogen and oxygen atoms in total. The molecule has 2 aromatic carbocycles. The van der Waals surface area contributed by atoms with Gasteiger partial charge in [-0.3, -0.25) is 5.10 Å². The molecule has 1 saturated heterocycles. The van der Waals surface area contributed by atoms with Gasteiger partial charge in [0, 0.05) is 22.0 Å². The Morgan fingerprint density at radius 2 is 1.82 bits per heavy atom. The van der Waals surface area contributed by atoms with Crippen LogP contribution in [-0.4, -0.2) is 66.1 Å². The maximum absolute atomic E-state index is 12.6. The van der Waals surface area contributed by atoms with Crippen LogP contribution in [0.3, 0.4) is 0 Å². The van der Waals surface area contributed by atoms with Crippen molar-refractivity contribution in [3.05, 3.63) is 42.1 Å². The number of benzene rings is 2. The monoisotopic (exact) mass is 528 g/mol. The molecule has 0 saturated carbocycles. The van der Waals surface area contributed by atoms with Gasteiger partial charge in [-0.25, -0.2) is 9.78 Å². The van der Waals surface area contributed by atoms with Crippen LogP contribution in [0.5, 0.6) is 17.2 Å². The van der Waals surface area contributed by atoms with Crippen molar-refractivity contribution in [2.75, 3.05) is 33.9 Å². The summed E-state index contributed by atoms with van der Waals surface area (Å²) in [6.45, 7) is 4.49. The molecule has 1 fully saturated rings. The number of carbonyl (C=O) groups excluding carboxylic acids is 1. The first-order valence-corrected chi connectivity index (χ1v) is 12.2. The summed E-state index contributed by atoms with van der Waals surface area (Å²) in [4.78, 5) is 18.3. The number of aryl methyl sites for hydroxylation is 1. The van der Waals surface area contributed by atoms with Crippen LogP contribution >= 0.6 is 0 Å². The lowest BCUT2D eigenvalue weighted by atomic mass is 9.97. The predicted molar refractivity (Wildman–Crippen MR) is 136 cm³/mol. The molecular weight excluding hydrogens is 501 g/mol. The maximum atomic E-state index is 12.6. The normalized spacial score (nSPS) is 15.2. The number of alkyl halides is 3. The maximum Gasteiger partial charge on any atom is 0.491 e. The molecule has 0 bridgehead atoms. The Hall–Kier alpha value is -3.86. The van der Waals surface area contributed by atoms with Crippen molar-refractivity contribution in [1.82, 2.24) is 20.1 Å². The van der Waals surface area contributed by atoms with Crippen LogP contribution in [0.25, 0.3) is 33.1 Å². The third kappa shape index (κ3) is 4.98. The number of rotatable bonds is 6. The molecular formula is C27H27F3N4O4. The van der Waals surface area contributed by atoms with E-state index in [2.05, 4.69) is 26.9 Å². The Balaban J connectivity index is 1.58. The minimum atomic E-state index is -5.08. The van der Waals surface area contributed by atoms with Crippen molar-refractivity contribution in [1.29, 1.82) is 0 Å². The molecule has 1 aliphatic heterocycles. The molecule has 0 aliphatic carbocycles. The summed E-state index contributed by atoms with van der Waals surface area (Å²) in [5.74, 6) is -0.904. The number of esters is 1. The van der Waals surface area contributed by atoms with Crippen molar-refractivity contribution in [3.63, 3.8) is 0 Å². The summed E-state index contributed by atoms with van der Waals surface area (Å²) in [5.41, 5.74) is 2.45. The molecule has 1 aliphatic rings. The summed E-state index contributed by atoms with van der Waals surface area (Å²) < 4.78 is 54.3. The van der Waals surface area contributed by atoms with Gasteiger partial charge in [0.25, 0.3) is 0 Å². The average Bonchev–Trinajstić information content (AvgIpc) is 3.27. The number of hydrogen-bond donors (Lipinski definition) is 1. The van der Waals surface area contributed by atoms with Crippen LogP contribution in [0.4, 0.5) is 13.2 Å². The van der Waals surface area contributed by atoms with Gasteiger partial charge in [0.2, 0.25) is 0 Å². The van der Waals surface area contributed by atoms with Gasteiger partial charge in [-0.05, 0) is 82.2 Å². The Bertz CT molecular complexity index is 1480. The number of methoxy groups -OCH3 is 1. The highest BCUT2D eigenvalue weighted by molar-refractivity contribution is 6.14. The fourth-order valence-corrected chi connectivity index (χ4v) is 4.77. The number of fused-ring (bicyclic) bond motifs is 3. The molecule has 0 radical (unpaired) electrons. The third-order valence-corrected chi connectivity index (χ3v) is 6.86. The minimum absolute atomic E-state index is 0.221. The number of hydrogen-bond acceptors (Lipinski definition) is 7. The number of pyridine rings is 1. The van der Waals surface area contributed by atoms with Crippen LogP contribution in [0.1, 0.15) is 18.5 Å². The second-order valence-electron chi connectivity index (χ2n) is 9.50. The van der Waals surface area contributed by atoms with Crippen molar-refractivity contribution in [2.24, 2.45) is 5.92 Å². The van der Waals surface area contributed by atoms with Crippen LogP contribution in [0, 0.1) is 12.8 Å². The standard InChI is InChI=1S/C27H27F3N4O4/c1-15-21-22-19(8-9-20(36-3)24(22)37-14-16-10-12-34(2)13-11-16)23(31-25(21)33-32-15)17-4-6-18(7-5-17)38-26(35)27(28,29)30/h4-9,16H,10-14H2,1-3H3,(H,31,32,33). The molecule has 4 aromatic rings. The zero-order chi connectivity index (χ0) is 27.0. The van der Waals surface area contributed by atoms with E-state index in [0.717, 1.165) is 47.8 Å². The average molecular weight is 529 g/mol. The molecule has 0 atom stereocenters. The van der Waals surface area contributed by atoms with Crippen molar-refractivity contribution in [3.8, 4) is 28.5 Å². The van der Waals surface area contributed by atoms with Crippen LogP contribution in [-0.2, 0) is 4.79 Å². The minimum Gasteiger partial charge on any atom is -0.493 e. The predicted octanol–water partition coefficient (Wildman–Crippen LogP) is 5.28. The lowest BCUT2D eigenvalue weighted by molar-refractivity contribution is -0.189. The second kappa shape index (κ2) is 10.1. The zero-order valence-corrected chi connectivity index (χ0v) is 21.2. The molecule has 200 valence electrons. The van der Waals surface area contributed by atoms with Crippen LogP contribution in [0.2, 0.25) is 0 Å². The van der Waals surface area contributed by atoms with Crippen LogP contribution < -0.4 is 14.2 Å². The molecule has 0 unspecified atom stereocenters. The Labute approximate surface area is 216 Å². The Kier molecular flexibility index (Phi) is 6.87. The summed E-state index contributed by atoms with van der Waals surface area (Å²) >= 11 is 0. The molecule has 2 aromatic heterocycles. The number of halogens is 3. The first-order chi connectivity index (χ1) is 18.2. The second-order valence-corrected chi connectivity index (χ2v) is 9.50. The fraction of sp³-hybridized carbons (Fsp3) is 0.370. The topological polar surface area (TPSA) is 89.6 Å². The number of nitrogens with zero attached hydrogens (tertiary/aromatic N) is 3. The molecule has 1 N–H and O–H groups in total. The van der Waals surface area contributed by atoms with Gasteiger partial charge in [-0.1, -0.05) is 0 Å². The molecule has 38 heavy (non-hydrogen) atoms. The lowest BCUT2D eigenvalue weighted by Crippen LogP contribution is -2.32. The highest BCUT2D eigenvalue weighted by Crippen LogP contribution is 2.44. The van der Waals surface area contributed by atoms with E-state index in [1.54, 1.807) is 19.2 Å². The van der Waals surface area contributed by atoms with E-state index < -0.39 is 12.1 Å². The highest BCUT2D eigenvalue weighted by atomic mass is 19.4. The van der Waals surface area contributed by atoms with Gasteiger partial charge in [-0.15, -0.1) is 0 Å². The van der Waals surface area contributed by atoms with Gasteiger partial charge in [0.1, 0.15) is 5.75 Å². The number of piperidine rings is 1. The first-order valence-electron chi connectivity index (χ1n) is 12.2. The lowest BCUT2D eigenvalue weighted by Gasteiger charge is -2.29. The molecule has 0 amide bonds. The molecule has 5 rings (SSSR count). The number of aromatic nitrogens is 3. The zero-order valence-electron chi connectivity index (χ0n) is 21.2. The molecule has 3 heterocycles. The van der Waals surface area contributed by atoms with E-state index in [-0.39, 0.29) is 5.75 Å². The smallest absolute Gasteiger partial charge is 0.491 e. The molecule has 11 heteroatoms. The van der Waals surface area contributed by atoms with Crippen molar-refractivity contribution >= 4 is 27.8 Å². The van der Waals surface area contributed by atoms with E-state index in [0.29, 0.717) is 40.9 Å². The fourth-order valence-electron chi connectivity index (χ4n) is 4.77. The SMILES string of the molecule is COc1ccc2c(-c3ccc(OC(=O)C(F)(F)F)cc3)nc3n[nH]c(C)c3c2c1OCC1CCN(C)CC1. The Morgan fingerprint density at radius 1 is 1.11 bits per heavy atom. The summed E-state index contributed by atoms with van der Waals surface area (Å²) in [6, 6.07) is 9.40. The summed E-state index contributed by atoms with van der Waals surface area (Å²) in [6.07, 6.45) is -2.99. The van der Waals surface area contributed by atoms with E-state index >= 15 is 0 Å².